The Morgan fingerprint density at radius 1 is 1.56 bits per heavy atom. The van der Waals surface area contributed by atoms with E-state index in [2.05, 4.69) is 6.07 Å². The van der Waals surface area contributed by atoms with Crippen molar-refractivity contribution < 1.29 is 9.90 Å². The molecule has 2 rings (SSSR count). The molecular weight excluding hydrogens is 228 g/mol. The van der Waals surface area contributed by atoms with Gasteiger partial charge in [-0.1, -0.05) is 6.07 Å². The summed E-state index contributed by atoms with van der Waals surface area (Å²) in [6.07, 6.45) is 2.37. The number of carbonyl (C=O) groups excluding carboxylic acids is 1. The van der Waals surface area contributed by atoms with Gasteiger partial charge >= 0.3 is 0 Å². The van der Waals surface area contributed by atoms with E-state index in [4.69, 9.17) is 5.26 Å². The van der Waals surface area contributed by atoms with Gasteiger partial charge in [-0.25, -0.2) is 0 Å². The number of aromatic hydroxyl groups is 1. The van der Waals surface area contributed by atoms with E-state index in [0.29, 0.717) is 18.5 Å². The van der Waals surface area contributed by atoms with Crippen LogP contribution in [0, 0.1) is 18.3 Å². The molecule has 0 aromatic heterocycles. The highest BCUT2D eigenvalue weighted by molar-refractivity contribution is 5.95. The molecule has 18 heavy (non-hydrogen) atoms. The second kappa shape index (κ2) is 5.09. The van der Waals surface area contributed by atoms with Crippen molar-refractivity contribution in [1.82, 2.24) is 4.90 Å². The van der Waals surface area contributed by atoms with Crippen molar-refractivity contribution in [2.45, 2.75) is 32.2 Å². The van der Waals surface area contributed by atoms with Gasteiger partial charge in [0.05, 0.1) is 12.5 Å². The molecule has 1 N–H and O–H groups in total. The Balaban J connectivity index is 2.17. The first-order chi connectivity index (χ1) is 8.63. The SMILES string of the molecule is Cc1ccc(C(=O)N(CCC#N)C2CC2)cc1O. The number of phenolic OH excluding ortho intramolecular Hbond substituents is 1. The Kier molecular flexibility index (Phi) is 3.52. The number of rotatable bonds is 4. The minimum absolute atomic E-state index is 0.0944. The summed E-state index contributed by atoms with van der Waals surface area (Å²) in [4.78, 5) is 14.0. The Morgan fingerprint density at radius 2 is 2.28 bits per heavy atom. The molecule has 1 saturated carbocycles. The number of nitriles is 1. The molecule has 0 radical (unpaired) electrons. The molecule has 1 aromatic rings. The highest BCUT2D eigenvalue weighted by Crippen LogP contribution is 2.29. The molecule has 1 aliphatic rings. The Labute approximate surface area is 106 Å². The highest BCUT2D eigenvalue weighted by Gasteiger charge is 2.32. The highest BCUT2D eigenvalue weighted by atomic mass is 16.3. The van der Waals surface area contributed by atoms with Crippen LogP contribution in [0.2, 0.25) is 0 Å². The topological polar surface area (TPSA) is 64.3 Å². The van der Waals surface area contributed by atoms with Crippen LogP contribution in [0.3, 0.4) is 0 Å². The molecule has 0 unspecified atom stereocenters. The van der Waals surface area contributed by atoms with Gasteiger partial charge in [0, 0.05) is 18.2 Å². The normalized spacial score (nSPS) is 14.0. The van der Waals surface area contributed by atoms with E-state index in [0.717, 1.165) is 18.4 Å². The molecule has 0 spiro atoms. The molecule has 1 fully saturated rings. The van der Waals surface area contributed by atoms with Crippen molar-refractivity contribution in [1.29, 1.82) is 5.26 Å². The molecule has 0 aliphatic heterocycles. The summed E-state index contributed by atoms with van der Waals surface area (Å²) in [6, 6.07) is 7.29. The molecule has 1 amide bonds. The molecule has 0 atom stereocenters. The van der Waals surface area contributed by atoms with Crippen LogP contribution in [0.15, 0.2) is 18.2 Å². The van der Waals surface area contributed by atoms with E-state index in [1.165, 1.54) is 6.07 Å². The van der Waals surface area contributed by atoms with Crippen LogP contribution in [-0.4, -0.2) is 28.5 Å². The lowest BCUT2D eigenvalue weighted by Crippen LogP contribution is -2.33. The van der Waals surface area contributed by atoms with Crippen molar-refractivity contribution in [3.8, 4) is 11.8 Å². The smallest absolute Gasteiger partial charge is 0.254 e. The lowest BCUT2D eigenvalue weighted by Gasteiger charge is -2.21. The number of benzene rings is 1. The Morgan fingerprint density at radius 3 is 2.83 bits per heavy atom. The van der Waals surface area contributed by atoms with E-state index in [-0.39, 0.29) is 17.7 Å². The lowest BCUT2D eigenvalue weighted by molar-refractivity contribution is 0.0746. The zero-order chi connectivity index (χ0) is 13.1. The average molecular weight is 244 g/mol. The number of amides is 1. The summed E-state index contributed by atoms with van der Waals surface area (Å²) in [7, 11) is 0. The van der Waals surface area contributed by atoms with Crippen LogP contribution in [-0.2, 0) is 0 Å². The van der Waals surface area contributed by atoms with E-state index in [1.54, 1.807) is 24.0 Å². The largest absolute Gasteiger partial charge is 0.508 e. The summed E-state index contributed by atoms with van der Waals surface area (Å²) < 4.78 is 0. The van der Waals surface area contributed by atoms with Crippen LogP contribution in [0.5, 0.6) is 5.75 Å². The third-order valence-electron chi connectivity index (χ3n) is 3.17. The van der Waals surface area contributed by atoms with Gasteiger partial charge in [0.1, 0.15) is 5.75 Å². The van der Waals surface area contributed by atoms with Gasteiger partial charge in [-0.15, -0.1) is 0 Å². The van der Waals surface area contributed by atoms with E-state index in [1.807, 2.05) is 0 Å². The first kappa shape index (κ1) is 12.4. The minimum atomic E-state index is -0.0944. The summed E-state index contributed by atoms with van der Waals surface area (Å²) in [5.74, 6) is 0.0416. The van der Waals surface area contributed by atoms with Crippen molar-refractivity contribution >= 4 is 5.91 Å². The summed E-state index contributed by atoms with van der Waals surface area (Å²) in [6.45, 7) is 2.26. The van der Waals surface area contributed by atoms with Crippen LogP contribution < -0.4 is 0 Å². The maximum Gasteiger partial charge on any atom is 0.254 e. The van der Waals surface area contributed by atoms with Crippen LogP contribution in [0.1, 0.15) is 35.2 Å². The number of nitrogens with zero attached hydrogens (tertiary/aromatic N) is 2. The third kappa shape index (κ3) is 2.62. The van der Waals surface area contributed by atoms with Gasteiger partial charge in [-0.3, -0.25) is 4.79 Å². The van der Waals surface area contributed by atoms with Crippen molar-refractivity contribution in [2.24, 2.45) is 0 Å². The standard InChI is InChI=1S/C14H16N2O2/c1-10-3-4-11(9-13(10)17)14(18)16(8-2-7-15)12-5-6-12/h3-4,9,12,17H,2,5-6,8H2,1H3. The second-order valence-electron chi connectivity index (χ2n) is 4.64. The maximum atomic E-state index is 12.3. The monoisotopic (exact) mass is 244 g/mol. The van der Waals surface area contributed by atoms with E-state index >= 15 is 0 Å². The molecule has 4 nitrogen and oxygen atoms in total. The molecule has 0 heterocycles. The quantitative estimate of drug-likeness (QED) is 0.883. The molecule has 4 heteroatoms. The average Bonchev–Trinajstić information content (AvgIpc) is 3.17. The third-order valence-corrected chi connectivity index (χ3v) is 3.17. The fourth-order valence-corrected chi connectivity index (χ4v) is 1.91. The number of phenols is 1. The van der Waals surface area contributed by atoms with Gasteiger partial charge in [-0.2, -0.15) is 5.26 Å². The Bertz CT molecular complexity index is 501. The van der Waals surface area contributed by atoms with Gasteiger partial charge in [0.15, 0.2) is 0 Å². The molecule has 94 valence electrons. The number of hydrogen-bond donors (Lipinski definition) is 1. The second-order valence-corrected chi connectivity index (χ2v) is 4.64. The lowest BCUT2D eigenvalue weighted by atomic mass is 10.1. The zero-order valence-electron chi connectivity index (χ0n) is 10.4. The fourth-order valence-electron chi connectivity index (χ4n) is 1.91. The van der Waals surface area contributed by atoms with Crippen molar-refractivity contribution in [3.63, 3.8) is 0 Å². The molecule has 1 aromatic carbocycles. The van der Waals surface area contributed by atoms with Crippen LogP contribution in [0.25, 0.3) is 0 Å². The van der Waals surface area contributed by atoms with Crippen molar-refractivity contribution in [3.05, 3.63) is 29.3 Å². The van der Waals surface area contributed by atoms with Gasteiger partial charge in [0.25, 0.3) is 5.91 Å². The Hall–Kier alpha value is -2.02. The minimum Gasteiger partial charge on any atom is -0.508 e. The van der Waals surface area contributed by atoms with Gasteiger partial charge in [0.2, 0.25) is 0 Å². The summed E-state index contributed by atoms with van der Waals surface area (Å²) in [5, 5.41) is 18.3. The van der Waals surface area contributed by atoms with Gasteiger partial charge < -0.3 is 10.0 Å². The first-order valence-electron chi connectivity index (χ1n) is 6.11. The number of aryl methyl sites for hydroxylation is 1. The summed E-state index contributed by atoms with van der Waals surface area (Å²) >= 11 is 0. The van der Waals surface area contributed by atoms with E-state index < -0.39 is 0 Å². The first-order valence-corrected chi connectivity index (χ1v) is 6.11. The fraction of sp³-hybridized carbons (Fsp3) is 0.429. The molecule has 0 bridgehead atoms. The maximum absolute atomic E-state index is 12.3. The molecular formula is C14H16N2O2. The zero-order valence-corrected chi connectivity index (χ0v) is 10.4. The van der Waals surface area contributed by atoms with Crippen molar-refractivity contribution in [2.75, 3.05) is 6.54 Å². The summed E-state index contributed by atoms with van der Waals surface area (Å²) in [5.41, 5.74) is 1.24. The molecule has 1 aliphatic carbocycles. The molecule has 0 saturated heterocycles. The predicted octanol–water partition coefficient (Wildman–Crippen LogP) is 2.22. The van der Waals surface area contributed by atoms with E-state index in [9.17, 15) is 9.90 Å². The predicted molar refractivity (Wildman–Crippen MR) is 67.1 cm³/mol. The van der Waals surface area contributed by atoms with Gasteiger partial charge in [-0.05, 0) is 37.5 Å². The number of carbonyl (C=O) groups is 1. The van der Waals surface area contributed by atoms with Crippen LogP contribution in [0.4, 0.5) is 0 Å². The number of hydrogen-bond acceptors (Lipinski definition) is 3. The van der Waals surface area contributed by atoms with Crippen LogP contribution >= 0.6 is 0 Å².